The summed E-state index contributed by atoms with van der Waals surface area (Å²) in [4.78, 5) is 4.51. The Balaban J connectivity index is 2.40. The number of hydrogen-bond donors (Lipinski definition) is 2. The summed E-state index contributed by atoms with van der Waals surface area (Å²) < 4.78 is 33.8. The SMILES string of the molecule is CC(C)c1nc(O[C@@H](C)CO)c2c(F)c(O)ccc2c1-c1ccc(F)cc1. The van der Waals surface area contributed by atoms with Crippen molar-refractivity contribution in [1.82, 2.24) is 4.98 Å². The van der Waals surface area contributed by atoms with Gasteiger partial charge in [-0.3, -0.25) is 0 Å². The van der Waals surface area contributed by atoms with Crippen molar-refractivity contribution in [2.45, 2.75) is 32.8 Å². The standard InChI is InChI=1S/C21H21F2NO3/c1-11(2)20-17(13-4-6-14(22)7-5-13)15-8-9-16(26)19(23)18(15)21(24-20)27-12(3)10-25/h4-9,11-12,25-26H,10H2,1-3H3/t12-/m0/s1. The van der Waals surface area contributed by atoms with Crippen LogP contribution in [0.4, 0.5) is 8.78 Å². The van der Waals surface area contributed by atoms with Crippen LogP contribution < -0.4 is 4.74 Å². The Morgan fingerprint density at radius 2 is 1.70 bits per heavy atom. The van der Waals surface area contributed by atoms with Gasteiger partial charge in [0.05, 0.1) is 17.7 Å². The molecule has 3 aromatic rings. The maximum Gasteiger partial charge on any atom is 0.225 e. The first-order valence-electron chi connectivity index (χ1n) is 8.72. The molecular weight excluding hydrogens is 352 g/mol. The van der Waals surface area contributed by atoms with Crippen LogP contribution >= 0.6 is 0 Å². The molecule has 0 bridgehead atoms. The van der Waals surface area contributed by atoms with Crippen LogP contribution in [0, 0.1) is 11.6 Å². The van der Waals surface area contributed by atoms with E-state index in [1.54, 1.807) is 25.1 Å². The molecule has 2 N–H and O–H groups in total. The van der Waals surface area contributed by atoms with Crippen LogP contribution in [0.15, 0.2) is 36.4 Å². The molecule has 1 aromatic heterocycles. The second-order valence-corrected chi connectivity index (χ2v) is 6.77. The maximum atomic E-state index is 14.8. The van der Waals surface area contributed by atoms with Gasteiger partial charge >= 0.3 is 0 Å². The van der Waals surface area contributed by atoms with E-state index in [0.717, 1.165) is 0 Å². The molecule has 1 heterocycles. The number of aromatic nitrogens is 1. The Hall–Kier alpha value is -2.73. The highest BCUT2D eigenvalue weighted by Gasteiger charge is 2.23. The van der Waals surface area contributed by atoms with Crippen molar-refractivity contribution in [3.63, 3.8) is 0 Å². The van der Waals surface area contributed by atoms with Gasteiger partial charge < -0.3 is 14.9 Å². The quantitative estimate of drug-likeness (QED) is 0.676. The number of nitrogens with zero attached hydrogens (tertiary/aromatic N) is 1. The number of benzene rings is 2. The minimum atomic E-state index is -0.848. The summed E-state index contributed by atoms with van der Waals surface area (Å²) >= 11 is 0. The van der Waals surface area contributed by atoms with Crippen molar-refractivity contribution in [3.05, 3.63) is 53.7 Å². The van der Waals surface area contributed by atoms with E-state index >= 15 is 0 Å². The smallest absolute Gasteiger partial charge is 0.225 e. The Morgan fingerprint density at radius 3 is 2.30 bits per heavy atom. The molecule has 2 aromatic carbocycles. The molecule has 0 aliphatic heterocycles. The van der Waals surface area contributed by atoms with Gasteiger partial charge in [-0.25, -0.2) is 13.8 Å². The highest BCUT2D eigenvalue weighted by molar-refractivity contribution is 6.01. The van der Waals surface area contributed by atoms with E-state index in [1.165, 1.54) is 18.2 Å². The van der Waals surface area contributed by atoms with Gasteiger partial charge in [0.25, 0.3) is 0 Å². The summed E-state index contributed by atoms with van der Waals surface area (Å²) in [6.07, 6.45) is -0.598. The number of fused-ring (bicyclic) bond motifs is 1. The number of hydrogen-bond acceptors (Lipinski definition) is 4. The highest BCUT2D eigenvalue weighted by Crippen LogP contribution is 2.41. The van der Waals surface area contributed by atoms with E-state index in [2.05, 4.69) is 4.98 Å². The Morgan fingerprint density at radius 1 is 1.04 bits per heavy atom. The summed E-state index contributed by atoms with van der Waals surface area (Å²) in [7, 11) is 0. The first-order chi connectivity index (χ1) is 12.8. The highest BCUT2D eigenvalue weighted by atomic mass is 19.1. The van der Waals surface area contributed by atoms with E-state index in [4.69, 9.17) is 4.74 Å². The van der Waals surface area contributed by atoms with Crippen LogP contribution in [0.2, 0.25) is 0 Å². The van der Waals surface area contributed by atoms with Gasteiger partial charge in [0.1, 0.15) is 11.9 Å². The predicted molar refractivity (Wildman–Crippen MR) is 100 cm³/mol. The zero-order chi connectivity index (χ0) is 19.7. The molecule has 0 amide bonds. The summed E-state index contributed by atoms with van der Waals surface area (Å²) in [6, 6.07) is 8.75. The lowest BCUT2D eigenvalue weighted by molar-refractivity contribution is 0.126. The van der Waals surface area contributed by atoms with Crippen LogP contribution in [-0.2, 0) is 0 Å². The molecule has 0 aliphatic carbocycles. The van der Waals surface area contributed by atoms with E-state index in [0.29, 0.717) is 22.2 Å². The number of aromatic hydroxyl groups is 1. The third-order valence-electron chi connectivity index (χ3n) is 4.33. The fourth-order valence-corrected chi connectivity index (χ4v) is 2.99. The molecular formula is C21H21F2NO3. The van der Waals surface area contributed by atoms with Crippen molar-refractivity contribution in [2.24, 2.45) is 0 Å². The van der Waals surface area contributed by atoms with Crippen molar-refractivity contribution in [3.8, 4) is 22.8 Å². The molecule has 3 rings (SSSR count). The molecule has 6 heteroatoms. The second-order valence-electron chi connectivity index (χ2n) is 6.77. The average molecular weight is 373 g/mol. The number of aliphatic hydroxyl groups excluding tert-OH is 1. The third kappa shape index (κ3) is 3.57. The number of halogens is 2. The van der Waals surface area contributed by atoms with Gasteiger partial charge in [-0.15, -0.1) is 0 Å². The van der Waals surface area contributed by atoms with Crippen LogP contribution in [0.25, 0.3) is 21.9 Å². The summed E-state index contributed by atoms with van der Waals surface area (Å²) in [5, 5.41) is 19.7. The van der Waals surface area contributed by atoms with E-state index in [1.807, 2.05) is 13.8 Å². The van der Waals surface area contributed by atoms with Gasteiger partial charge in [-0.05, 0) is 48.1 Å². The molecule has 0 radical (unpaired) electrons. The molecule has 1 atom stereocenters. The molecule has 27 heavy (non-hydrogen) atoms. The van der Waals surface area contributed by atoms with Gasteiger partial charge in [0.15, 0.2) is 11.6 Å². The van der Waals surface area contributed by atoms with Gasteiger partial charge in [0.2, 0.25) is 5.88 Å². The molecule has 0 saturated heterocycles. The Labute approximate surface area is 156 Å². The molecule has 0 aliphatic rings. The van der Waals surface area contributed by atoms with Gasteiger partial charge in [-0.2, -0.15) is 0 Å². The van der Waals surface area contributed by atoms with Gasteiger partial charge in [-0.1, -0.05) is 26.0 Å². The monoisotopic (exact) mass is 373 g/mol. The normalized spacial score (nSPS) is 12.6. The maximum absolute atomic E-state index is 14.8. The van der Waals surface area contributed by atoms with Crippen LogP contribution in [0.3, 0.4) is 0 Å². The summed E-state index contributed by atoms with van der Waals surface area (Å²) in [5.74, 6) is -1.76. The summed E-state index contributed by atoms with van der Waals surface area (Å²) in [6.45, 7) is 5.26. The minimum absolute atomic E-state index is 0.00881. The zero-order valence-electron chi connectivity index (χ0n) is 15.3. The van der Waals surface area contributed by atoms with Crippen molar-refractivity contribution in [1.29, 1.82) is 0 Å². The molecule has 0 spiro atoms. The number of phenolic OH excluding ortho intramolecular Hbond substituents is 1. The Bertz CT molecular complexity index is 972. The van der Waals surface area contributed by atoms with E-state index in [-0.39, 0.29) is 29.6 Å². The lowest BCUT2D eigenvalue weighted by Crippen LogP contribution is -2.18. The minimum Gasteiger partial charge on any atom is -0.505 e. The third-order valence-corrected chi connectivity index (χ3v) is 4.33. The number of pyridine rings is 1. The largest absolute Gasteiger partial charge is 0.505 e. The van der Waals surface area contributed by atoms with E-state index in [9.17, 15) is 19.0 Å². The van der Waals surface area contributed by atoms with Crippen molar-refractivity contribution in [2.75, 3.05) is 6.61 Å². The second kappa shape index (κ2) is 7.48. The first kappa shape index (κ1) is 19.0. The number of aliphatic hydroxyl groups is 1. The predicted octanol–water partition coefficient (Wildman–Crippen LogP) is 4.77. The fourth-order valence-electron chi connectivity index (χ4n) is 2.99. The topological polar surface area (TPSA) is 62.6 Å². The van der Waals surface area contributed by atoms with E-state index < -0.39 is 17.7 Å². The first-order valence-corrected chi connectivity index (χ1v) is 8.72. The lowest BCUT2D eigenvalue weighted by Gasteiger charge is -2.20. The lowest BCUT2D eigenvalue weighted by atomic mass is 9.92. The summed E-state index contributed by atoms with van der Waals surface area (Å²) in [5.41, 5.74) is 1.99. The molecule has 0 unspecified atom stereocenters. The van der Waals surface area contributed by atoms with Crippen LogP contribution in [-0.4, -0.2) is 27.9 Å². The number of ether oxygens (including phenoxy) is 1. The number of rotatable bonds is 5. The molecule has 0 saturated carbocycles. The average Bonchev–Trinajstić information content (AvgIpc) is 2.64. The van der Waals surface area contributed by atoms with Crippen molar-refractivity contribution >= 4 is 10.8 Å². The van der Waals surface area contributed by atoms with Crippen LogP contribution in [0.1, 0.15) is 32.4 Å². The molecule has 0 fully saturated rings. The Kier molecular flexibility index (Phi) is 5.28. The number of phenols is 1. The van der Waals surface area contributed by atoms with Crippen LogP contribution in [0.5, 0.6) is 11.6 Å². The van der Waals surface area contributed by atoms with Crippen molar-refractivity contribution < 1.29 is 23.7 Å². The molecule has 4 nitrogen and oxygen atoms in total. The van der Waals surface area contributed by atoms with Gasteiger partial charge in [0, 0.05) is 5.56 Å². The fraction of sp³-hybridized carbons (Fsp3) is 0.286. The molecule has 142 valence electrons. The zero-order valence-corrected chi connectivity index (χ0v) is 15.3.